The van der Waals surface area contributed by atoms with Gasteiger partial charge in [0.1, 0.15) is 11.4 Å². The monoisotopic (exact) mass is 450 g/mol. The third-order valence-corrected chi connectivity index (χ3v) is 6.93. The van der Waals surface area contributed by atoms with E-state index in [1.807, 2.05) is 17.9 Å². The van der Waals surface area contributed by atoms with Crippen LogP contribution in [-0.4, -0.2) is 43.8 Å². The van der Waals surface area contributed by atoms with Crippen molar-refractivity contribution in [2.75, 3.05) is 24.3 Å². The Kier molecular flexibility index (Phi) is 4.71. The number of ether oxygens (including phenoxy) is 1. The molecular formula is C21H24F2N4O3S. The van der Waals surface area contributed by atoms with Crippen molar-refractivity contribution in [2.45, 2.75) is 51.1 Å². The maximum atomic E-state index is 14.6. The molecule has 0 bridgehead atoms. The highest BCUT2D eigenvalue weighted by molar-refractivity contribution is 7.88. The molecule has 31 heavy (non-hydrogen) atoms. The van der Waals surface area contributed by atoms with Crippen LogP contribution in [0.25, 0.3) is 11.3 Å². The van der Waals surface area contributed by atoms with Crippen LogP contribution < -0.4 is 14.4 Å². The van der Waals surface area contributed by atoms with Gasteiger partial charge in [-0.3, -0.25) is 0 Å². The van der Waals surface area contributed by atoms with Crippen molar-refractivity contribution >= 4 is 16.0 Å². The molecule has 5 rings (SSSR count). The second kappa shape index (κ2) is 7.09. The summed E-state index contributed by atoms with van der Waals surface area (Å²) in [5.41, 5.74) is 3.10. The van der Waals surface area contributed by atoms with Gasteiger partial charge in [-0.15, -0.1) is 0 Å². The number of nitrogens with one attached hydrogen (secondary N) is 1. The van der Waals surface area contributed by atoms with E-state index in [0.717, 1.165) is 24.8 Å². The summed E-state index contributed by atoms with van der Waals surface area (Å²) < 4.78 is 60.7. The van der Waals surface area contributed by atoms with Gasteiger partial charge >= 0.3 is 0 Å². The summed E-state index contributed by atoms with van der Waals surface area (Å²) in [4.78, 5) is 11.0. The van der Waals surface area contributed by atoms with Gasteiger partial charge in [-0.2, -0.15) is 8.78 Å². The number of nitrogens with zero attached hydrogens (tertiary/aromatic N) is 3. The SMILES string of the molecule is C[C@H]1CCN1c1nc(-c2cc3c(c(CNS(C)(=O)=O)c2)OCC3)c2c(n1)C(F)(F)CC2. The molecule has 10 heteroatoms. The number of rotatable bonds is 5. The van der Waals surface area contributed by atoms with Crippen LogP contribution in [0.3, 0.4) is 0 Å². The molecule has 2 aliphatic heterocycles. The van der Waals surface area contributed by atoms with Gasteiger partial charge in [0, 0.05) is 48.7 Å². The predicted molar refractivity (Wildman–Crippen MR) is 112 cm³/mol. The van der Waals surface area contributed by atoms with E-state index in [2.05, 4.69) is 9.71 Å². The number of hydrogen-bond donors (Lipinski definition) is 1. The van der Waals surface area contributed by atoms with Gasteiger partial charge in [0.05, 0.1) is 18.6 Å². The normalized spacial score (nSPS) is 21.4. The minimum absolute atomic E-state index is 0.0639. The van der Waals surface area contributed by atoms with Crippen LogP contribution in [0.5, 0.6) is 5.75 Å². The zero-order chi connectivity index (χ0) is 22.0. The van der Waals surface area contributed by atoms with Crippen LogP contribution >= 0.6 is 0 Å². The van der Waals surface area contributed by atoms with Crippen LogP contribution in [0.1, 0.15) is 42.1 Å². The summed E-state index contributed by atoms with van der Waals surface area (Å²) in [5.74, 6) is -1.98. The lowest BCUT2D eigenvalue weighted by atomic mass is 9.98. The van der Waals surface area contributed by atoms with E-state index >= 15 is 0 Å². The van der Waals surface area contributed by atoms with Gasteiger partial charge in [-0.1, -0.05) is 0 Å². The third-order valence-electron chi connectivity index (χ3n) is 6.27. The fourth-order valence-corrected chi connectivity index (χ4v) is 4.88. The van der Waals surface area contributed by atoms with Crippen molar-refractivity contribution in [1.82, 2.24) is 14.7 Å². The van der Waals surface area contributed by atoms with E-state index in [0.29, 0.717) is 47.1 Å². The summed E-state index contributed by atoms with van der Waals surface area (Å²) >= 11 is 0. The number of alkyl halides is 2. The molecule has 1 aromatic carbocycles. The largest absolute Gasteiger partial charge is 0.493 e. The molecule has 1 aromatic heterocycles. The van der Waals surface area contributed by atoms with Crippen molar-refractivity contribution in [3.63, 3.8) is 0 Å². The Hall–Kier alpha value is -2.33. The van der Waals surface area contributed by atoms with E-state index in [9.17, 15) is 17.2 Å². The minimum Gasteiger partial charge on any atom is -0.493 e. The topological polar surface area (TPSA) is 84.4 Å². The predicted octanol–water partition coefficient (Wildman–Crippen LogP) is 2.76. The molecule has 0 saturated carbocycles. The fourth-order valence-electron chi connectivity index (χ4n) is 4.46. The molecule has 7 nitrogen and oxygen atoms in total. The number of fused-ring (bicyclic) bond motifs is 2. The molecule has 1 atom stereocenters. The van der Waals surface area contributed by atoms with Crippen LogP contribution in [0.4, 0.5) is 14.7 Å². The van der Waals surface area contributed by atoms with Gasteiger partial charge in [0.25, 0.3) is 5.92 Å². The summed E-state index contributed by atoms with van der Waals surface area (Å²) in [5, 5.41) is 0. The zero-order valence-electron chi connectivity index (χ0n) is 17.4. The molecule has 1 N–H and O–H groups in total. The molecule has 1 aliphatic carbocycles. The fraction of sp³-hybridized carbons (Fsp3) is 0.524. The smallest absolute Gasteiger partial charge is 0.290 e. The summed E-state index contributed by atoms with van der Waals surface area (Å²) in [6.07, 6.45) is 2.67. The molecule has 166 valence electrons. The van der Waals surface area contributed by atoms with Crippen molar-refractivity contribution in [3.05, 3.63) is 34.5 Å². The van der Waals surface area contributed by atoms with Crippen LogP contribution in [0.15, 0.2) is 12.1 Å². The first-order valence-corrected chi connectivity index (χ1v) is 12.3. The first kappa shape index (κ1) is 20.6. The number of sulfonamides is 1. The lowest BCUT2D eigenvalue weighted by Crippen LogP contribution is -2.47. The van der Waals surface area contributed by atoms with E-state index < -0.39 is 15.9 Å². The van der Waals surface area contributed by atoms with E-state index in [1.165, 1.54) is 0 Å². The van der Waals surface area contributed by atoms with E-state index in [4.69, 9.17) is 9.72 Å². The Bertz CT molecular complexity index is 1170. The van der Waals surface area contributed by atoms with Gasteiger partial charge in [0.15, 0.2) is 0 Å². The quantitative estimate of drug-likeness (QED) is 0.754. The number of anilines is 1. The lowest BCUT2D eigenvalue weighted by Gasteiger charge is -2.39. The molecule has 0 amide bonds. The van der Waals surface area contributed by atoms with E-state index in [-0.39, 0.29) is 31.1 Å². The Morgan fingerprint density at radius 2 is 2.10 bits per heavy atom. The molecule has 3 heterocycles. The Balaban J connectivity index is 1.65. The van der Waals surface area contributed by atoms with Crippen LogP contribution in [-0.2, 0) is 35.3 Å². The van der Waals surface area contributed by atoms with Crippen LogP contribution in [0.2, 0.25) is 0 Å². The van der Waals surface area contributed by atoms with Crippen molar-refractivity contribution in [1.29, 1.82) is 0 Å². The van der Waals surface area contributed by atoms with Crippen molar-refractivity contribution in [2.24, 2.45) is 0 Å². The van der Waals surface area contributed by atoms with E-state index in [1.54, 1.807) is 6.07 Å². The molecule has 0 radical (unpaired) electrons. The molecular weight excluding hydrogens is 426 g/mol. The molecule has 3 aliphatic rings. The Labute approximate surface area is 179 Å². The summed E-state index contributed by atoms with van der Waals surface area (Å²) in [7, 11) is -3.40. The maximum Gasteiger partial charge on any atom is 0.290 e. The average molecular weight is 451 g/mol. The van der Waals surface area contributed by atoms with Gasteiger partial charge in [-0.25, -0.2) is 23.1 Å². The Morgan fingerprint density at radius 3 is 2.77 bits per heavy atom. The first-order chi connectivity index (χ1) is 14.6. The standard InChI is InChI=1S/C21H24F2N4O3S/c1-12-4-7-27(12)20-25-17(16-3-6-21(22,23)19(16)26-20)14-9-13-5-8-30-18(13)15(10-14)11-24-31(2,28)29/h9-10,12,24H,3-8,11H2,1-2H3/t12-/m0/s1. The first-order valence-electron chi connectivity index (χ1n) is 10.4. The summed E-state index contributed by atoms with van der Waals surface area (Å²) in [6, 6.07) is 3.93. The number of aromatic nitrogens is 2. The molecule has 0 unspecified atom stereocenters. The van der Waals surface area contributed by atoms with Gasteiger partial charge in [0.2, 0.25) is 16.0 Å². The molecule has 1 fully saturated rings. The Morgan fingerprint density at radius 1 is 1.29 bits per heavy atom. The second-order valence-electron chi connectivity index (χ2n) is 8.55. The molecule has 1 saturated heterocycles. The van der Waals surface area contributed by atoms with Gasteiger partial charge in [-0.05, 0) is 37.5 Å². The average Bonchev–Trinajstić information content (AvgIpc) is 3.28. The third kappa shape index (κ3) is 3.65. The summed E-state index contributed by atoms with van der Waals surface area (Å²) in [6.45, 7) is 3.34. The van der Waals surface area contributed by atoms with Crippen LogP contribution in [0, 0.1) is 0 Å². The highest BCUT2D eigenvalue weighted by Crippen LogP contribution is 2.46. The number of benzene rings is 1. The molecule has 2 aromatic rings. The maximum absolute atomic E-state index is 14.6. The lowest BCUT2D eigenvalue weighted by molar-refractivity contribution is -0.00595. The highest BCUT2D eigenvalue weighted by Gasteiger charge is 2.44. The zero-order valence-corrected chi connectivity index (χ0v) is 18.2. The van der Waals surface area contributed by atoms with Gasteiger partial charge < -0.3 is 9.64 Å². The van der Waals surface area contributed by atoms with Crippen molar-refractivity contribution in [3.8, 4) is 17.0 Å². The number of hydrogen-bond acceptors (Lipinski definition) is 6. The highest BCUT2D eigenvalue weighted by atomic mass is 32.2. The minimum atomic E-state index is -3.40. The number of halogens is 2. The van der Waals surface area contributed by atoms with Crippen molar-refractivity contribution < 1.29 is 21.9 Å². The molecule has 0 spiro atoms. The second-order valence-corrected chi connectivity index (χ2v) is 10.4.